The molecule has 0 aromatic heterocycles. The number of primary amides is 1. The highest BCUT2D eigenvalue weighted by Gasteiger charge is 2.35. The standard InChI is InChI=1S/C43H66N6O20/c1-24(50)46-22-28(51)5-4-18-69-23-29(52)19-25(7-12-35(55)56)41(66)47-30(10-15-38(61)62)33(53)20-26(8-13-36(57)58)42(67)48-31(11-16-39(63)64)34(54)21-27(9-14-37(59)60)43(68)49-32(40(45)65)6-2-3-17-44/h25-27,30-32H,2-23,44H2,1H3,(H2,45,65)(H,46,50)(H,47,66)(H,48,67)(H,49,68)(H,55,56)(H,57,58)(H,59,60)(H,61,62)(H,63,64)/t25-,26-,27-,30+,31+,32+/m0/s1. The van der Waals surface area contributed by atoms with Crippen molar-refractivity contribution in [3.05, 3.63) is 0 Å². The minimum Gasteiger partial charge on any atom is -0.481 e. The summed E-state index contributed by atoms with van der Waals surface area (Å²) >= 11 is 0. The summed E-state index contributed by atoms with van der Waals surface area (Å²) in [6.45, 7) is 0.675. The van der Waals surface area contributed by atoms with Gasteiger partial charge in [-0.3, -0.25) is 67.1 Å². The molecule has 0 saturated carbocycles. The lowest BCUT2D eigenvalue weighted by atomic mass is 9.89. The summed E-state index contributed by atoms with van der Waals surface area (Å²) in [6, 6.07) is -4.66. The number of nitrogens with two attached hydrogens (primary N) is 2. The van der Waals surface area contributed by atoms with Crippen LogP contribution in [0, 0.1) is 17.8 Å². The molecule has 13 N–H and O–H groups in total. The molecule has 0 rings (SSSR count). The van der Waals surface area contributed by atoms with Crippen LogP contribution in [-0.4, -0.2) is 152 Å². The third-order valence-corrected chi connectivity index (χ3v) is 10.5. The van der Waals surface area contributed by atoms with E-state index < -0.39 is 203 Å². The number of nitrogens with one attached hydrogen (secondary N) is 4. The van der Waals surface area contributed by atoms with Gasteiger partial charge in [0.05, 0.1) is 18.6 Å². The van der Waals surface area contributed by atoms with Crippen LogP contribution in [0.25, 0.3) is 0 Å². The number of amides is 5. The van der Waals surface area contributed by atoms with Gasteiger partial charge in [-0.05, 0) is 64.3 Å². The summed E-state index contributed by atoms with van der Waals surface area (Å²) in [5, 5.41) is 56.2. The molecule has 5 amide bonds. The molecule has 0 aromatic rings. The Hall–Kier alpha value is -6.70. The van der Waals surface area contributed by atoms with Crippen LogP contribution in [0.2, 0.25) is 0 Å². The van der Waals surface area contributed by atoms with Crippen LogP contribution in [0.15, 0.2) is 0 Å². The largest absolute Gasteiger partial charge is 0.481 e. The highest BCUT2D eigenvalue weighted by Crippen LogP contribution is 2.21. The zero-order valence-corrected chi connectivity index (χ0v) is 38.5. The van der Waals surface area contributed by atoms with Crippen LogP contribution in [0.5, 0.6) is 0 Å². The molecule has 26 nitrogen and oxygen atoms in total. The lowest BCUT2D eigenvalue weighted by molar-refractivity contribution is -0.141. The molecule has 6 atom stereocenters. The van der Waals surface area contributed by atoms with Gasteiger partial charge >= 0.3 is 29.8 Å². The first-order valence-corrected chi connectivity index (χ1v) is 22.3. The first-order valence-electron chi connectivity index (χ1n) is 22.3. The van der Waals surface area contributed by atoms with Crippen LogP contribution in [0.1, 0.15) is 122 Å². The van der Waals surface area contributed by atoms with E-state index in [-0.39, 0.29) is 44.7 Å². The Kier molecular flexibility index (Phi) is 31.2. The summed E-state index contributed by atoms with van der Waals surface area (Å²) < 4.78 is 5.28. The average Bonchev–Trinajstić information content (AvgIpc) is 3.25. The van der Waals surface area contributed by atoms with E-state index in [0.29, 0.717) is 12.8 Å². The number of carbonyl (C=O) groups excluding carboxylic acids is 9. The third-order valence-electron chi connectivity index (χ3n) is 10.5. The topological polar surface area (TPSA) is 450 Å². The van der Waals surface area contributed by atoms with Gasteiger partial charge in [0.1, 0.15) is 12.6 Å². The van der Waals surface area contributed by atoms with Crippen molar-refractivity contribution >= 4 is 82.5 Å². The highest BCUT2D eigenvalue weighted by molar-refractivity contribution is 5.97. The molecule has 0 fully saturated rings. The first-order chi connectivity index (χ1) is 32.4. The number of ether oxygens (including phenoxy) is 1. The number of carboxylic acid groups (broad SMARTS) is 5. The molecule has 0 aliphatic heterocycles. The van der Waals surface area contributed by atoms with Gasteiger partial charge in [0, 0.05) is 89.1 Å². The fraction of sp³-hybridized carbons (Fsp3) is 0.674. The van der Waals surface area contributed by atoms with E-state index in [9.17, 15) is 92.7 Å². The van der Waals surface area contributed by atoms with Crippen LogP contribution >= 0.6 is 0 Å². The molecular formula is C43H66N6O20. The predicted octanol–water partition coefficient (Wildman–Crippen LogP) is -1.39. The van der Waals surface area contributed by atoms with Crippen LogP contribution in [0.4, 0.5) is 0 Å². The van der Waals surface area contributed by atoms with Crippen LogP contribution in [0.3, 0.4) is 0 Å². The monoisotopic (exact) mass is 986 g/mol. The van der Waals surface area contributed by atoms with E-state index in [0.717, 1.165) is 0 Å². The Morgan fingerprint density at radius 3 is 1.25 bits per heavy atom. The molecule has 0 aromatic carbocycles. The van der Waals surface area contributed by atoms with Gasteiger partial charge in [0.2, 0.25) is 29.5 Å². The summed E-state index contributed by atoms with van der Waals surface area (Å²) in [6.07, 6.45) is -7.36. The molecule has 69 heavy (non-hydrogen) atoms. The second-order valence-electron chi connectivity index (χ2n) is 16.3. The Labute approximate surface area is 396 Å². The van der Waals surface area contributed by atoms with Gasteiger partial charge < -0.3 is 63.0 Å². The Balaban J connectivity index is 6.46. The molecule has 388 valence electrons. The molecule has 0 heterocycles. The normalized spacial score (nSPS) is 13.5. The first kappa shape index (κ1) is 62.3. The summed E-state index contributed by atoms with van der Waals surface area (Å²) in [5.74, 6) is -19.0. The maximum absolute atomic E-state index is 13.9. The summed E-state index contributed by atoms with van der Waals surface area (Å²) in [7, 11) is 0. The van der Waals surface area contributed by atoms with Gasteiger partial charge in [-0.15, -0.1) is 0 Å². The van der Waals surface area contributed by atoms with Crippen molar-refractivity contribution in [2.24, 2.45) is 29.2 Å². The molecule has 0 unspecified atom stereocenters. The van der Waals surface area contributed by atoms with Crippen molar-refractivity contribution in [2.75, 3.05) is 26.3 Å². The van der Waals surface area contributed by atoms with Crippen LogP contribution < -0.4 is 32.7 Å². The molecular weight excluding hydrogens is 920 g/mol. The highest BCUT2D eigenvalue weighted by atomic mass is 16.5. The maximum Gasteiger partial charge on any atom is 0.303 e. The Morgan fingerprint density at radius 2 is 0.870 bits per heavy atom. The average molecular weight is 987 g/mol. The third kappa shape index (κ3) is 30.3. The van der Waals surface area contributed by atoms with Gasteiger partial charge in [0.15, 0.2) is 23.1 Å². The van der Waals surface area contributed by atoms with Crippen molar-refractivity contribution in [2.45, 2.75) is 141 Å². The van der Waals surface area contributed by atoms with Crippen molar-refractivity contribution in [1.82, 2.24) is 21.3 Å². The lowest BCUT2D eigenvalue weighted by Crippen LogP contribution is -2.49. The van der Waals surface area contributed by atoms with Crippen molar-refractivity contribution in [3.63, 3.8) is 0 Å². The molecule has 0 spiro atoms. The van der Waals surface area contributed by atoms with Gasteiger partial charge in [-0.2, -0.15) is 0 Å². The Morgan fingerprint density at radius 1 is 0.478 bits per heavy atom. The quantitative estimate of drug-likeness (QED) is 0.0314. The van der Waals surface area contributed by atoms with Crippen molar-refractivity contribution < 1.29 is 97.4 Å². The van der Waals surface area contributed by atoms with Gasteiger partial charge in [-0.1, -0.05) is 0 Å². The number of hydrogen-bond donors (Lipinski definition) is 11. The zero-order valence-electron chi connectivity index (χ0n) is 38.5. The molecule has 0 saturated heterocycles. The summed E-state index contributed by atoms with van der Waals surface area (Å²) in [5.41, 5.74) is 10.9. The number of carbonyl (C=O) groups is 14. The maximum atomic E-state index is 13.9. The lowest BCUT2D eigenvalue weighted by Gasteiger charge is -2.25. The van der Waals surface area contributed by atoms with E-state index >= 15 is 0 Å². The molecule has 0 aliphatic carbocycles. The number of rotatable bonds is 42. The fourth-order valence-corrected chi connectivity index (χ4v) is 6.65. The molecule has 0 aliphatic rings. The number of ketones is 4. The van der Waals surface area contributed by atoms with E-state index in [1.165, 1.54) is 6.92 Å². The van der Waals surface area contributed by atoms with Gasteiger partial charge in [0.25, 0.3) is 0 Å². The smallest absolute Gasteiger partial charge is 0.303 e. The molecule has 26 heteroatoms. The fourth-order valence-electron chi connectivity index (χ4n) is 6.65. The molecule has 0 radical (unpaired) electrons. The minimum atomic E-state index is -1.72. The second-order valence-corrected chi connectivity index (χ2v) is 16.3. The van der Waals surface area contributed by atoms with Crippen LogP contribution in [-0.2, 0) is 71.9 Å². The number of Topliss-reactive ketones (excluding diaryl/α,β-unsaturated/α-hetero) is 4. The van der Waals surface area contributed by atoms with Crippen molar-refractivity contribution in [1.29, 1.82) is 0 Å². The second kappa shape index (κ2) is 34.6. The van der Waals surface area contributed by atoms with Crippen molar-refractivity contribution in [3.8, 4) is 0 Å². The molecule has 0 bridgehead atoms. The van der Waals surface area contributed by atoms with E-state index in [4.69, 9.17) is 16.2 Å². The zero-order chi connectivity index (χ0) is 52.6. The van der Waals surface area contributed by atoms with E-state index in [1.807, 2.05) is 0 Å². The minimum absolute atomic E-state index is 0.0146. The predicted molar refractivity (Wildman–Crippen MR) is 235 cm³/mol. The number of aliphatic carboxylic acids is 5. The summed E-state index contributed by atoms with van der Waals surface area (Å²) in [4.78, 5) is 174. The van der Waals surface area contributed by atoms with Gasteiger partial charge in [-0.25, -0.2) is 0 Å². The van der Waals surface area contributed by atoms with E-state index in [2.05, 4.69) is 21.3 Å². The number of carboxylic acids is 5. The SMILES string of the molecule is CC(=O)NCC(=O)CCCOCC(=O)C[C@H](CCC(=O)O)C(=O)N[C@H](CCC(=O)O)C(=O)C[C@H](CCC(=O)O)C(=O)N[C@H](CCC(=O)O)C(=O)C[C@H](CCC(=O)O)C(=O)N[C@H](CCCCN)C(N)=O. The number of unbranched alkanes of at least 4 members (excludes halogenated alkanes) is 1. The number of hydrogen-bond acceptors (Lipinski definition) is 16. The van der Waals surface area contributed by atoms with E-state index in [1.54, 1.807) is 0 Å². The Bertz CT molecular complexity index is 1840.